The van der Waals surface area contributed by atoms with E-state index in [1.54, 1.807) is 0 Å². The molecular formula is C34H36I2O. The van der Waals surface area contributed by atoms with Gasteiger partial charge in [-0.15, -0.1) is 0 Å². The predicted molar refractivity (Wildman–Crippen MR) is 175 cm³/mol. The van der Waals surface area contributed by atoms with Crippen LogP contribution in [-0.2, 0) is 25.7 Å². The van der Waals surface area contributed by atoms with Gasteiger partial charge in [0, 0.05) is 12.8 Å². The first-order chi connectivity index (χ1) is 18.2. The van der Waals surface area contributed by atoms with Crippen LogP contribution in [0.25, 0.3) is 0 Å². The molecule has 0 aromatic heterocycles. The standard InChI is InChI=1S/C34H36I2O/c35-21-9-7-15-29-17-19-33(31(25-29)23-27-11-3-1-4-12-27)37-34-20-18-30(16-8-10-22-36)26-32(34)24-28-13-5-2-6-14-28/h1-6,11-14,17-20,25-26H,7-10,15-16,21-24H2. The molecule has 4 aromatic rings. The van der Waals surface area contributed by atoms with Gasteiger partial charge in [0.25, 0.3) is 0 Å². The first kappa shape index (κ1) is 28.2. The summed E-state index contributed by atoms with van der Waals surface area (Å²) in [5, 5.41) is 0. The molecule has 0 aliphatic carbocycles. The van der Waals surface area contributed by atoms with Gasteiger partial charge in [-0.2, -0.15) is 0 Å². The third-order valence-electron chi connectivity index (χ3n) is 6.64. The van der Waals surface area contributed by atoms with Gasteiger partial charge in [-0.1, -0.05) is 130 Å². The molecule has 1 nitrogen and oxygen atoms in total. The number of ether oxygens (including phenoxy) is 1. The number of hydrogen-bond donors (Lipinski definition) is 0. The Labute approximate surface area is 250 Å². The van der Waals surface area contributed by atoms with Gasteiger partial charge in [-0.05, 0) is 92.9 Å². The topological polar surface area (TPSA) is 9.23 Å². The van der Waals surface area contributed by atoms with Crippen LogP contribution in [0.3, 0.4) is 0 Å². The zero-order valence-corrected chi connectivity index (χ0v) is 25.8. The van der Waals surface area contributed by atoms with Crippen LogP contribution in [0.1, 0.15) is 59.1 Å². The number of unbranched alkanes of at least 4 members (excludes halogenated alkanes) is 2. The maximum absolute atomic E-state index is 6.74. The molecule has 4 aromatic carbocycles. The molecule has 37 heavy (non-hydrogen) atoms. The van der Waals surface area contributed by atoms with E-state index in [1.165, 1.54) is 67.9 Å². The second-order valence-electron chi connectivity index (χ2n) is 9.60. The van der Waals surface area contributed by atoms with Crippen molar-refractivity contribution in [1.29, 1.82) is 0 Å². The number of rotatable bonds is 14. The van der Waals surface area contributed by atoms with Crippen molar-refractivity contribution < 1.29 is 4.74 Å². The molecule has 192 valence electrons. The van der Waals surface area contributed by atoms with Gasteiger partial charge in [0.05, 0.1) is 0 Å². The van der Waals surface area contributed by atoms with Crippen molar-refractivity contribution in [3.8, 4) is 11.5 Å². The van der Waals surface area contributed by atoms with E-state index in [0.29, 0.717) is 0 Å². The lowest BCUT2D eigenvalue weighted by atomic mass is 9.98. The maximum atomic E-state index is 6.74. The Morgan fingerprint density at radius 2 is 0.892 bits per heavy atom. The summed E-state index contributed by atoms with van der Waals surface area (Å²) in [7, 11) is 0. The van der Waals surface area contributed by atoms with Gasteiger partial charge in [-0.3, -0.25) is 0 Å². The summed E-state index contributed by atoms with van der Waals surface area (Å²) in [5.74, 6) is 1.93. The smallest absolute Gasteiger partial charge is 0.130 e. The lowest BCUT2D eigenvalue weighted by Crippen LogP contribution is -2.00. The van der Waals surface area contributed by atoms with Gasteiger partial charge in [0.1, 0.15) is 11.5 Å². The summed E-state index contributed by atoms with van der Waals surface area (Å²) in [5.41, 5.74) is 7.94. The van der Waals surface area contributed by atoms with Gasteiger partial charge < -0.3 is 4.74 Å². The van der Waals surface area contributed by atoms with Crippen molar-refractivity contribution in [3.63, 3.8) is 0 Å². The van der Waals surface area contributed by atoms with Gasteiger partial charge in [0.15, 0.2) is 0 Å². The fraction of sp³-hybridized carbons (Fsp3) is 0.294. The van der Waals surface area contributed by atoms with Gasteiger partial charge in [-0.25, -0.2) is 0 Å². The molecule has 0 N–H and O–H groups in total. The summed E-state index contributed by atoms with van der Waals surface area (Å²) in [6.07, 6.45) is 8.98. The number of aryl methyl sites for hydroxylation is 2. The number of hydrogen-bond acceptors (Lipinski definition) is 1. The Morgan fingerprint density at radius 3 is 1.30 bits per heavy atom. The average Bonchev–Trinajstić information content (AvgIpc) is 2.93. The normalized spacial score (nSPS) is 11.0. The molecule has 0 atom stereocenters. The van der Waals surface area contributed by atoms with E-state index in [9.17, 15) is 0 Å². The highest BCUT2D eigenvalue weighted by atomic mass is 127. The van der Waals surface area contributed by atoms with Crippen molar-refractivity contribution in [3.05, 3.63) is 130 Å². The second kappa shape index (κ2) is 15.5. The molecule has 0 aliphatic heterocycles. The van der Waals surface area contributed by atoms with Gasteiger partial charge >= 0.3 is 0 Å². The van der Waals surface area contributed by atoms with E-state index >= 15 is 0 Å². The minimum atomic E-state index is 0.874. The summed E-state index contributed by atoms with van der Waals surface area (Å²) >= 11 is 4.94. The molecular weight excluding hydrogens is 678 g/mol. The molecule has 0 unspecified atom stereocenters. The summed E-state index contributed by atoms with van der Waals surface area (Å²) in [4.78, 5) is 0. The highest BCUT2D eigenvalue weighted by Gasteiger charge is 2.12. The van der Waals surface area contributed by atoms with E-state index in [0.717, 1.165) is 37.2 Å². The SMILES string of the molecule is ICCCCc1ccc(Oc2ccc(CCCCI)cc2Cc2ccccc2)c(Cc2ccccc2)c1. The lowest BCUT2D eigenvalue weighted by Gasteiger charge is -2.17. The molecule has 0 heterocycles. The van der Waals surface area contributed by atoms with Crippen LogP contribution in [0.5, 0.6) is 11.5 Å². The van der Waals surface area contributed by atoms with Crippen LogP contribution in [0.2, 0.25) is 0 Å². The molecule has 0 saturated carbocycles. The maximum Gasteiger partial charge on any atom is 0.130 e. The first-order valence-corrected chi connectivity index (χ1v) is 16.4. The summed E-state index contributed by atoms with van der Waals surface area (Å²) < 4.78 is 9.18. The predicted octanol–water partition coefficient (Wildman–Crippen LogP) is 10.2. The molecule has 0 fully saturated rings. The van der Waals surface area contributed by atoms with Crippen LogP contribution >= 0.6 is 45.2 Å². The molecule has 0 saturated heterocycles. The van der Waals surface area contributed by atoms with Gasteiger partial charge in [0.2, 0.25) is 0 Å². The highest BCUT2D eigenvalue weighted by molar-refractivity contribution is 14.1. The Morgan fingerprint density at radius 1 is 0.459 bits per heavy atom. The average molecular weight is 714 g/mol. The Bertz CT molecular complexity index is 1120. The van der Waals surface area contributed by atoms with Crippen LogP contribution < -0.4 is 4.74 Å². The summed E-state index contributed by atoms with van der Waals surface area (Å²) in [6.45, 7) is 0. The quantitative estimate of drug-likeness (QED) is 0.0718. The van der Waals surface area contributed by atoms with Crippen LogP contribution in [0.15, 0.2) is 97.1 Å². The Hall–Kier alpha value is -1.86. The van der Waals surface area contributed by atoms with E-state index < -0.39 is 0 Å². The third kappa shape index (κ3) is 9.13. The molecule has 0 aliphatic rings. The van der Waals surface area contributed by atoms with Crippen molar-refractivity contribution in [2.75, 3.05) is 8.86 Å². The Balaban J connectivity index is 1.63. The molecule has 4 rings (SSSR count). The van der Waals surface area contributed by atoms with Crippen molar-refractivity contribution >= 4 is 45.2 Å². The van der Waals surface area contributed by atoms with Crippen LogP contribution in [-0.4, -0.2) is 8.86 Å². The minimum absolute atomic E-state index is 0.874. The molecule has 0 amide bonds. The zero-order chi connectivity index (χ0) is 25.7. The van der Waals surface area contributed by atoms with Crippen molar-refractivity contribution in [2.24, 2.45) is 0 Å². The number of halogens is 2. The van der Waals surface area contributed by atoms with Crippen molar-refractivity contribution in [1.82, 2.24) is 0 Å². The van der Waals surface area contributed by atoms with Crippen molar-refractivity contribution in [2.45, 2.75) is 51.4 Å². The number of alkyl halides is 2. The lowest BCUT2D eigenvalue weighted by molar-refractivity contribution is 0.471. The van der Waals surface area contributed by atoms with E-state index in [2.05, 4.69) is 142 Å². The fourth-order valence-electron chi connectivity index (χ4n) is 4.65. The van der Waals surface area contributed by atoms with Crippen LogP contribution in [0, 0.1) is 0 Å². The molecule has 3 heteroatoms. The molecule has 0 radical (unpaired) electrons. The minimum Gasteiger partial charge on any atom is -0.457 e. The van der Waals surface area contributed by atoms with E-state index in [4.69, 9.17) is 4.74 Å². The number of benzene rings is 4. The summed E-state index contributed by atoms with van der Waals surface area (Å²) in [6, 6.07) is 35.1. The van der Waals surface area contributed by atoms with E-state index in [-0.39, 0.29) is 0 Å². The van der Waals surface area contributed by atoms with Crippen LogP contribution in [0.4, 0.5) is 0 Å². The molecule has 0 bridgehead atoms. The first-order valence-electron chi connectivity index (χ1n) is 13.4. The highest BCUT2D eigenvalue weighted by Crippen LogP contribution is 2.33. The second-order valence-corrected chi connectivity index (χ2v) is 11.8. The largest absolute Gasteiger partial charge is 0.457 e. The molecule has 0 spiro atoms. The Kier molecular flexibility index (Phi) is 11.8. The van der Waals surface area contributed by atoms with E-state index in [1.807, 2.05) is 0 Å². The third-order valence-corrected chi connectivity index (χ3v) is 8.17. The zero-order valence-electron chi connectivity index (χ0n) is 21.5. The monoisotopic (exact) mass is 714 g/mol. The fourth-order valence-corrected chi connectivity index (χ4v) is 5.73.